The van der Waals surface area contributed by atoms with Crippen LogP contribution < -0.4 is 9.47 Å². The summed E-state index contributed by atoms with van der Waals surface area (Å²) in [6.45, 7) is 2.10. The predicted molar refractivity (Wildman–Crippen MR) is 64.7 cm³/mol. The van der Waals surface area contributed by atoms with Gasteiger partial charge < -0.3 is 9.47 Å². The Hall–Kier alpha value is -1.60. The Kier molecular flexibility index (Phi) is 5.60. The summed E-state index contributed by atoms with van der Waals surface area (Å²) >= 11 is 0. The molecule has 0 fully saturated rings. The second-order valence-corrected chi connectivity index (χ2v) is 4.55. The van der Waals surface area contributed by atoms with Gasteiger partial charge in [-0.3, -0.25) is 8.98 Å². The van der Waals surface area contributed by atoms with Crippen molar-refractivity contribution in [2.24, 2.45) is 0 Å². The minimum atomic E-state index is -4.09. The first-order valence-corrected chi connectivity index (χ1v) is 6.75. The van der Waals surface area contributed by atoms with Crippen molar-refractivity contribution in [2.45, 2.75) is 6.92 Å². The number of carbonyl (C=O) groups excluding carboxylic acids is 1. The number of carbonyl (C=O) groups is 1. The van der Waals surface area contributed by atoms with Gasteiger partial charge in [-0.25, -0.2) is 0 Å². The van der Waals surface area contributed by atoms with Gasteiger partial charge in [-0.05, 0) is 19.1 Å². The Morgan fingerprint density at radius 2 is 1.72 bits per heavy atom. The van der Waals surface area contributed by atoms with Gasteiger partial charge in [-0.15, -0.1) is 0 Å². The van der Waals surface area contributed by atoms with E-state index in [0.717, 1.165) is 0 Å². The Morgan fingerprint density at radius 3 is 2.28 bits per heavy atom. The summed E-state index contributed by atoms with van der Waals surface area (Å²) < 4.78 is 36.4. The molecule has 7 heteroatoms. The van der Waals surface area contributed by atoms with Crippen molar-refractivity contribution in [2.75, 3.05) is 19.8 Å². The molecule has 0 amide bonds. The third-order valence-electron chi connectivity index (χ3n) is 1.86. The monoisotopic (exact) mass is 274 g/mol. The van der Waals surface area contributed by atoms with Gasteiger partial charge in [0.05, 0.1) is 6.61 Å². The van der Waals surface area contributed by atoms with Crippen LogP contribution in [0.1, 0.15) is 6.92 Å². The van der Waals surface area contributed by atoms with Gasteiger partial charge in [0.15, 0.2) is 11.5 Å². The SMILES string of the molecule is CCOc1ccccc1OCCOS(=O)(=O)C=O. The Morgan fingerprint density at radius 1 is 1.11 bits per heavy atom. The van der Waals surface area contributed by atoms with E-state index in [0.29, 0.717) is 18.1 Å². The average molecular weight is 274 g/mol. The van der Waals surface area contributed by atoms with Gasteiger partial charge in [0.2, 0.25) is 0 Å². The molecule has 0 aliphatic rings. The lowest BCUT2D eigenvalue weighted by Gasteiger charge is -2.10. The van der Waals surface area contributed by atoms with Crippen molar-refractivity contribution < 1.29 is 26.9 Å². The van der Waals surface area contributed by atoms with E-state index in [2.05, 4.69) is 4.18 Å². The fraction of sp³-hybridized carbons (Fsp3) is 0.364. The van der Waals surface area contributed by atoms with E-state index in [1.54, 1.807) is 24.3 Å². The highest BCUT2D eigenvalue weighted by molar-refractivity contribution is 8.00. The lowest BCUT2D eigenvalue weighted by molar-refractivity contribution is 0.214. The minimum Gasteiger partial charge on any atom is -0.490 e. The summed E-state index contributed by atoms with van der Waals surface area (Å²) in [6.07, 6.45) is 0. The molecule has 100 valence electrons. The molecule has 1 rings (SSSR count). The molecule has 18 heavy (non-hydrogen) atoms. The quantitative estimate of drug-likeness (QED) is 0.400. The number of rotatable bonds is 8. The van der Waals surface area contributed by atoms with Gasteiger partial charge in [0.25, 0.3) is 5.62 Å². The van der Waals surface area contributed by atoms with E-state index in [9.17, 15) is 13.2 Å². The maximum Gasteiger partial charge on any atom is 0.328 e. The van der Waals surface area contributed by atoms with Gasteiger partial charge in [0, 0.05) is 0 Å². The average Bonchev–Trinajstić information content (AvgIpc) is 2.37. The first kappa shape index (κ1) is 14.5. The highest BCUT2D eigenvalue weighted by Gasteiger charge is 2.09. The molecule has 0 spiro atoms. The standard InChI is InChI=1S/C11H14O6S/c1-2-15-10-5-3-4-6-11(10)16-7-8-17-18(13,14)9-12/h3-6,9H,2,7-8H2,1H3. The summed E-state index contributed by atoms with van der Waals surface area (Å²) in [5.74, 6) is 1.06. The van der Waals surface area contributed by atoms with E-state index in [1.165, 1.54) is 0 Å². The molecule has 0 aliphatic carbocycles. The second kappa shape index (κ2) is 6.97. The number of para-hydroxylation sites is 2. The molecule has 0 saturated heterocycles. The van der Waals surface area contributed by atoms with Crippen LogP contribution in [0.3, 0.4) is 0 Å². The van der Waals surface area contributed by atoms with Crippen LogP contribution in [-0.2, 0) is 19.1 Å². The maximum absolute atomic E-state index is 10.7. The van der Waals surface area contributed by atoms with Crippen LogP contribution in [0.2, 0.25) is 0 Å². The third-order valence-corrected chi connectivity index (χ3v) is 2.59. The van der Waals surface area contributed by atoms with Crippen molar-refractivity contribution in [1.82, 2.24) is 0 Å². The van der Waals surface area contributed by atoms with Crippen molar-refractivity contribution in [3.63, 3.8) is 0 Å². The Balaban J connectivity index is 2.46. The van der Waals surface area contributed by atoms with E-state index < -0.39 is 10.1 Å². The van der Waals surface area contributed by atoms with Crippen molar-refractivity contribution in [3.8, 4) is 11.5 Å². The number of hydrogen-bond acceptors (Lipinski definition) is 6. The summed E-state index contributed by atoms with van der Waals surface area (Å²) in [7, 11) is -4.09. The molecule has 6 nitrogen and oxygen atoms in total. The highest BCUT2D eigenvalue weighted by atomic mass is 32.2. The third kappa shape index (κ3) is 4.72. The molecule has 0 saturated carbocycles. The van der Waals surface area contributed by atoms with Crippen molar-refractivity contribution in [1.29, 1.82) is 0 Å². The van der Waals surface area contributed by atoms with E-state index in [1.807, 2.05) is 6.92 Å². The summed E-state index contributed by atoms with van der Waals surface area (Å²) in [5.41, 5.74) is -0.249. The lowest BCUT2D eigenvalue weighted by Crippen LogP contribution is -2.13. The van der Waals surface area contributed by atoms with Crippen LogP contribution in [0, 0.1) is 0 Å². The highest BCUT2D eigenvalue weighted by Crippen LogP contribution is 2.26. The van der Waals surface area contributed by atoms with Gasteiger partial charge in [-0.1, -0.05) is 12.1 Å². The molecule has 0 radical (unpaired) electrons. The van der Waals surface area contributed by atoms with Crippen LogP contribution in [-0.4, -0.2) is 33.9 Å². The molecule has 0 atom stereocenters. The van der Waals surface area contributed by atoms with E-state index in [-0.39, 0.29) is 18.8 Å². The molecule has 0 aromatic heterocycles. The summed E-state index contributed by atoms with van der Waals surface area (Å²) in [6, 6.07) is 6.99. The summed E-state index contributed by atoms with van der Waals surface area (Å²) in [5, 5.41) is 0. The zero-order valence-electron chi connectivity index (χ0n) is 9.87. The predicted octanol–water partition coefficient (Wildman–Crippen LogP) is 1.00. The van der Waals surface area contributed by atoms with Gasteiger partial charge >= 0.3 is 10.1 Å². The van der Waals surface area contributed by atoms with Crippen LogP contribution in [0.5, 0.6) is 11.5 Å². The zero-order chi connectivity index (χ0) is 13.4. The first-order chi connectivity index (χ1) is 8.59. The molecule has 1 aromatic rings. The normalized spacial score (nSPS) is 10.9. The molecular formula is C11H14O6S. The molecular weight excluding hydrogens is 260 g/mol. The number of benzene rings is 1. The largest absolute Gasteiger partial charge is 0.490 e. The second-order valence-electron chi connectivity index (χ2n) is 3.14. The lowest BCUT2D eigenvalue weighted by atomic mass is 10.3. The maximum atomic E-state index is 10.7. The van der Waals surface area contributed by atoms with Gasteiger partial charge in [0.1, 0.15) is 13.2 Å². The van der Waals surface area contributed by atoms with Crippen LogP contribution >= 0.6 is 0 Å². The smallest absolute Gasteiger partial charge is 0.328 e. The number of ether oxygens (including phenoxy) is 2. The molecule has 0 unspecified atom stereocenters. The number of hydrogen-bond donors (Lipinski definition) is 0. The van der Waals surface area contributed by atoms with E-state index >= 15 is 0 Å². The summed E-state index contributed by atoms with van der Waals surface area (Å²) in [4.78, 5) is 10.1. The minimum absolute atomic E-state index is 0.00282. The van der Waals surface area contributed by atoms with E-state index in [4.69, 9.17) is 9.47 Å². The van der Waals surface area contributed by atoms with Crippen molar-refractivity contribution >= 4 is 15.7 Å². The molecule has 0 aliphatic heterocycles. The van der Waals surface area contributed by atoms with Crippen LogP contribution in [0.15, 0.2) is 24.3 Å². The molecule has 0 heterocycles. The molecule has 1 aromatic carbocycles. The molecule has 0 N–H and O–H groups in total. The fourth-order valence-electron chi connectivity index (χ4n) is 1.17. The van der Waals surface area contributed by atoms with Crippen molar-refractivity contribution in [3.05, 3.63) is 24.3 Å². The molecule has 0 bridgehead atoms. The Bertz CT molecular complexity index is 482. The van der Waals surface area contributed by atoms with Gasteiger partial charge in [-0.2, -0.15) is 8.42 Å². The fourth-order valence-corrected chi connectivity index (χ4v) is 1.53. The van der Waals surface area contributed by atoms with Crippen LogP contribution in [0.4, 0.5) is 0 Å². The zero-order valence-corrected chi connectivity index (χ0v) is 10.7. The first-order valence-electron chi connectivity index (χ1n) is 5.28. The van der Waals surface area contributed by atoms with Crippen LogP contribution in [0.25, 0.3) is 0 Å². The topological polar surface area (TPSA) is 78.9 Å². The Labute approximate surface area is 106 Å².